The van der Waals surface area contributed by atoms with Crippen LogP contribution in [0.5, 0.6) is 0 Å². The Morgan fingerprint density at radius 3 is 3.12 bits per heavy atom. The monoisotopic (exact) mass is 228 g/mol. The lowest BCUT2D eigenvalue weighted by Gasteiger charge is -2.20. The topological polar surface area (TPSA) is 59.8 Å². The van der Waals surface area contributed by atoms with Gasteiger partial charge in [-0.3, -0.25) is 9.36 Å². The summed E-state index contributed by atoms with van der Waals surface area (Å²) in [4.78, 5) is 10.8. The number of aryl methyl sites for hydroxylation is 1. The largest absolute Gasteiger partial charge is 0.376 e. The quantitative estimate of drug-likeness (QED) is 0.792. The van der Waals surface area contributed by atoms with E-state index in [1.807, 2.05) is 18.2 Å². The van der Waals surface area contributed by atoms with Gasteiger partial charge in [-0.2, -0.15) is 0 Å². The van der Waals surface area contributed by atoms with E-state index >= 15 is 0 Å². The molecule has 1 aliphatic rings. The minimum Gasteiger partial charge on any atom is -0.376 e. The molecule has 1 aromatic heterocycles. The maximum Gasteiger partial charge on any atom is 0.157 e. The highest BCUT2D eigenvalue weighted by molar-refractivity contribution is 5.80. The number of aldehydes is 1. The van der Waals surface area contributed by atoms with Crippen LogP contribution in [0.15, 0.2) is 18.2 Å². The zero-order chi connectivity index (χ0) is 11.8. The maximum absolute atomic E-state index is 10.8. The number of benzene rings is 1. The summed E-state index contributed by atoms with van der Waals surface area (Å²) in [5.74, 6) is 1.86. The van der Waals surface area contributed by atoms with Crippen molar-refractivity contribution in [2.45, 2.75) is 19.9 Å². The van der Waals surface area contributed by atoms with Crippen LogP contribution in [0.2, 0.25) is 0 Å². The molecule has 86 valence electrons. The first-order valence-corrected chi connectivity index (χ1v) is 5.60. The van der Waals surface area contributed by atoms with E-state index < -0.39 is 0 Å². The average molecular weight is 228 g/mol. The number of nitrogens with zero attached hydrogens (tertiary/aromatic N) is 3. The van der Waals surface area contributed by atoms with Crippen molar-refractivity contribution in [3.05, 3.63) is 35.4 Å². The molecule has 0 atom stereocenters. The molecule has 1 aromatic carbocycles. The number of anilines is 1. The van der Waals surface area contributed by atoms with Gasteiger partial charge in [0.2, 0.25) is 0 Å². The highest BCUT2D eigenvalue weighted by atomic mass is 16.1. The lowest BCUT2D eigenvalue weighted by molar-refractivity contribution is 0.112. The number of carbonyl (C=O) groups is 1. The maximum atomic E-state index is 10.8. The van der Waals surface area contributed by atoms with E-state index in [2.05, 4.69) is 27.0 Å². The lowest BCUT2D eigenvalue weighted by Crippen LogP contribution is -2.17. The normalized spacial score (nSPS) is 12.5. The number of aromatic nitrogens is 3. The fourth-order valence-electron chi connectivity index (χ4n) is 2.11. The fraction of sp³-hybridized carbons (Fsp3) is 0.250. The zero-order valence-corrected chi connectivity index (χ0v) is 9.47. The number of nitrogens with one attached hydrogen (secondary N) is 1. The van der Waals surface area contributed by atoms with Crippen molar-refractivity contribution >= 4 is 12.0 Å². The van der Waals surface area contributed by atoms with Crippen LogP contribution in [-0.2, 0) is 13.0 Å². The molecule has 17 heavy (non-hydrogen) atoms. The Balaban J connectivity index is 2.21. The number of hydrogen-bond acceptors (Lipinski definition) is 4. The van der Waals surface area contributed by atoms with Crippen LogP contribution in [0, 0.1) is 0 Å². The Bertz CT molecular complexity index is 575. The van der Waals surface area contributed by atoms with Crippen molar-refractivity contribution in [3.63, 3.8) is 0 Å². The molecule has 0 saturated carbocycles. The van der Waals surface area contributed by atoms with Crippen LogP contribution in [0.4, 0.5) is 5.69 Å². The number of carbonyl (C=O) groups excluding carboxylic acids is 1. The van der Waals surface area contributed by atoms with Crippen LogP contribution in [0.1, 0.15) is 28.9 Å². The van der Waals surface area contributed by atoms with Gasteiger partial charge in [-0.1, -0.05) is 6.92 Å². The summed E-state index contributed by atoms with van der Waals surface area (Å²) in [5, 5.41) is 11.6. The zero-order valence-electron chi connectivity index (χ0n) is 9.47. The molecule has 0 fully saturated rings. The van der Waals surface area contributed by atoms with E-state index in [9.17, 15) is 4.79 Å². The van der Waals surface area contributed by atoms with Gasteiger partial charge in [0.1, 0.15) is 12.1 Å². The Kier molecular flexibility index (Phi) is 2.18. The highest BCUT2D eigenvalue weighted by Gasteiger charge is 2.19. The summed E-state index contributed by atoms with van der Waals surface area (Å²) in [6.45, 7) is 2.70. The van der Waals surface area contributed by atoms with Gasteiger partial charge in [-0.05, 0) is 18.2 Å². The van der Waals surface area contributed by atoms with E-state index in [0.29, 0.717) is 12.1 Å². The predicted octanol–water partition coefficient (Wildman–Crippen LogP) is 1.57. The molecular weight excluding hydrogens is 216 g/mol. The molecule has 5 heteroatoms. The minimum absolute atomic E-state index is 0.641. The highest BCUT2D eigenvalue weighted by Crippen LogP contribution is 2.28. The number of fused-ring (bicyclic) bond motifs is 3. The van der Waals surface area contributed by atoms with Gasteiger partial charge in [-0.25, -0.2) is 0 Å². The van der Waals surface area contributed by atoms with Gasteiger partial charge in [0.15, 0.2) is 5.82 Å². The summed E-state index contributed by atoms with van der Waals surface area (Å²) in [5.41, 5.74) is 2.64. The third-order valence-electron chi connectivity index (χ3n) is 2.95. The van der Waals surface area contributed by atoms with Gasteiger partial charge >= 0.3 is 0 Å². The second-order valence-corrected chi connectivity index (χ2v) is 3.97. The fourth-order valence-corrected chi connectivity index (χ4v) is 2.11. The summed E-state index contributed by atoms with van der Waals surface area (Å²) >= 11 is 0. The number of rotatable bonds is 2. The SMILES string of the molecule is CCc1nnc2n1-c1ccc(C=O)cc1NC2. The van der Waals surface area contributed by atoms with Gasteiger partial charge in [0.05, 0.1) is 17.9 Å². The lowest BCUT2D eigenvalue weighted by atomic mass is 10.1. The van der Waals surface area contributed by atoms with Crippen LogP contribution in [-0.4, -0.2) is 21.1 Å². The van der Waals surface area contributed by atoms with Gasteiger partial charge in [0, 0.05) is 12.0 Å². The molecule has 3 rings (SSSR count). The van der Waals surface area contributed by atoms with Gasteiger partial charge < -0.3 is 5.32 Å². The summed E-state index contributed by atoms with van der Waals surface area (Å²) in [7, 11) is 0. The van der Waals surface area contributed by atoms with E-state index in [1.54, 1.807) is 0 Å². The molecule has 0 aliphatic carbocycles. The first-order chi connectivity index (χ1) is 8.33. The molecule has 2 aromatic rings. The Morgan fingerprint density at radius 2 is 2.35 bits per heavy atom. The summed E-state index contributed by atoms with van der Waals surface area (Å²) in [6, 6.07) is 5.59. The molecule has 1 N–H and O–H groups in total. The third-order valence-corrected chi connectivity index (χ3v) is 2.95. The van der Waals surface area contributed by atoms with Crippen molar-refractivity contribution < 1.29 is 4.79 Å². The second kappa shape index (κ2) is 3.69. The third kappa shape index (κ3) is 1.43. The number of hydrogen-bond donors (Lipinski definition) is 1. The van der Waals surface area contributed by atoms with Crippen LogP contribution >= 0.6 is 0 Å². The molecule has 0 saturated heterocycles. The molecule has 0 unspecified atom stereocenters. The van der Waals surface area contributed by atoms with E-state index in [1.165, 1.54) is 0 Å². The van der Waals surface area contributed by atoms with Crippen LogP contribution in [0.25, 0.3) is 5.69 Å². The molecule has 1 aliphatic heterocycles. The summed E-state index contributed by atoms with van der Waals surface area (Å²) < 4.78 is 2.06. The van der Waals surface area contributed by atoms with Crippen molar-refractivity contribution in [2.24, 2.45) is 0 Å². The first kappa shape index (κ1) is 10.0. The standard InChI is InChI=1S/C12H12N4O/c1-2-11-14-15-12-6-13-9-5-8(7-17)3-4-10(9)16(11)12/h3-5,7,13H,2,6H2,1H3. The first-order valence-electron chi connectivity index (χ1n) is 5.60. The molecule has 0 spiro atoms. The molecule has 0 amide bonds. The van der Waals surface area contributed by atoms with Crippen molar-refractivity contribution in [1.29, 1.82) is 0 Å². The van der Waals surface area contributed by atoms with Crippen molar-refractivity contribution in [3.8, 4) is 5.69 Å². The summed E-state index contributed by atoms with van der Waals surface area (Å²) in [6.07, 6.45) is 1.69. The smallest absolute Gasteiger partial charge is 0.157 e. The van der Waals surface area contributed by atoms with Crippen molar-refractivity contribution in [2.75, 3.05) is 5.32 Å². The van der Waals surface area contributed by atoms with Crippen molar-refractivity contribution in [1.82, 2.24) is 14.8 Å². The molecular formula is C12H12N4O. The van der Waals surface area contributed by atoms with E-state index in [4.69, 9.17) is 0 Å². The minimum atomic E-state index is 0.641. The van der Waals surface area contributed by atoms with E-state index in [0.717, 1.165) is 35.7 Å². The molecule has 5 nitrogen and oxygen atoms in total. The Hall–Kier alpha value is -2.17. The Morgan fingerprint density at radius 1 is 1.47 bits per heavy atom. The van der Waals surface area contributed by atoms with Gasteiger partial charge in [0.25, 0.3) is 0 Å². The predicted molar refractivity (Wildman–Crippen MR) is 63.5 cm³/mol. The van der Waals surface area contributed by atoms with Crippen LogP contribution < -0.4 is 5.32 Å². The van der Waals surface area contributed by atoms with Gasteiger partial charge in [-0.15, -0.1) is 10.2 Å². The Labute approximate surface area is 98.5 Å². The molecule has 0 radical (unpaired) electrons. The van der Waals surface area contributed by atoms with E-state index in [-0.39, 0.29) is 0 Å². The molecule has 2 heterocycles. The average Bonchev–Trinajstić information content (AvgIpc) is 2.81. The molecule has 0 bridgehead atoms. The van der Waals surface area contributed by atoms with Crippen LogP contribution in [0.3, 0.4) is 0 Å². The second-order valence-electron chi connectivity index (χ2n) is 3.97.